The van der Waals surface area contributed by atoms with Gasteiger partial charge in [0, 0.05) is 12.3 Å². The van der Waals surface area contributed by atoms with Gasteiger partial charge in [-0.2, -0.15) is 0 Å². The molecule has 1 heterocycles. The van der Waals surface area contributed by atoms with Gasteiger partial charge in [0.25, 0.3) is 5.56 Å². The van der Waals surface area contributed by atoms with Crippen LogP contribution in [0.25, 0.3) is 0 Å². The van der Waals surface area contributed by atoms with Gasteiger partial charge in [-0.25, -0.2) is 4.98 Å². The lowest BCUT2D eigenvalue weighted by Crippen LogP contribution is -2.30. The van der Waals surface area contributed by atoms with Crippen molar-refractivity contribution >= 4 is 12.0 Å². The standard InChI is InChI=1S/C11H16N4O2/c1-6(16)9-14-10(13-7-3-2-4-7)8(5-12)11(17)15-9/h5-7,12,16H,2-4H2,1H3,(H2,13,14,15,17)/t6-/m0/s1. The van der Waals surface area contributed by atoms with E-state index in [2.05, 4.69) is 15.3 Å². The number of aromatic nitrogens is 2. The lowest BCUT2D eigenvalue weighted by molar-refractivity contribution is 0.188. The number of nitrogens with zero attached hydrogens (tertiary/aromatic N) is 1. The second-order valence-corrected chi connectivity index (χ2v) is 4.31. The number of aromatic amines is 1. The molecule has 2 rings (SSSR count). The third kappa shape index (κ3) is 2.36. The van der Waals surface area contributed by atoms with Crippen molar-refractivity contribution in [1.29, 1.82) is 5.41 Å². The van der Waals surface area contributed by atoms with Gasteiger partial charge in [-0.05, 0) is 26.2 Å². The van der Waals surface area contributed by atoms with Gasteiger partial charge in [-0.15, -0.1) is 0 Å². The number of anilines is 1. The first kappa shape index (κ1) is 11.8. The van der Waals surface area contributed by atoms with Gasteiger partial charge < -0.3 is 20.8 Å². The van der Waals surface area contributed by atoms with Crippen molar-refractivity contribution in [2.45, 2.75) is 38.3 Å². The Labute approximate surface area is 98.6 Å². The topological polar surface area (TPSA) is 102 Å². The maximum Gasteiger partial charge on any atom is 0.261 e. The SMILES string of the molecule is C[C@H](O)c1nc(NC2CCC2)c(C=N)c(=O)[nH]1. The Morgan fingerprint density at radius 1 is 1.65 bits per heavy atom. The van der Waals surface area contributed by atoms with E-state index in [0.717, 1.165) is 19.1 Å². The monoisotopic (exact) mass is 236 g/mol. The van der Waals surface area contributed by atoms with Gasteiger partial charge in [-0.1, -0.05) is 0 Å². The molecular formula is C11H16N4O2. The van der Waals surface area contributed by atoms with Crippen molar-refractivity contribution in [3.8, 4) is 0 Å². The summed E-state index contributed by atoms with van der Waals surface area (Å²) >= 11 is 0. The number of aliphatic hydroxyl groups is 1. The van der Waals surface area contributed by atoms with Gasteiger partial charge in [0.15, 0.2) is 0 Å². The Bertz CT molecular complexity index is 477. The fourth-order valence-corrected chi connectivity index (χ4v) is 1.69. The van der Waals surface area contributed by atoms with E-state index in [0.29, 0.717) is 11.9 Å². The summed E-state index contributed by atoms with van der Waals surface area (Å²) in [7, 11) is 0. The molecule has 1 aliphatic rings. The van der Waals surface area contributed by atoms with Crippen LogP contribution >= 0.6 is 0 Å². The average molecular weight is 236 g/mol. The number of nitrogens with one attached hydrogen (secondary N) is 3. The zero-order chi connectivity index (χ0) is 12.4. The zero-order valence-electron chi connectivity index (χ0n) is 9.66. The highest BCUT2D eigenvalue weighted by atomic mass is 16.3. The number of hydrogen-bond acceptors (Lipinski definition) is 5. The van der Waals surface area contributed by atoms with Crippen LogP contribution in [0.5, 0.6) is 0 Å². The van der Waals surface area contributed by atoms with Gasteiger partial charge >= 0.3 is 0 Å². The quantitative estimate of drug-likeness (QED) is 0.580. The maximum atomic E-state index is 11.7. The van der Waals surface area contributed by atoms with E-state index in [4.69, 9.17) is 5.41 Å². The molecule has 92 valence electrons. The smallest absolute Gasteiger partial charge is 0.261 e. The van der Waals surface area contributed by atoms with Gasteiger partial charge in [0.1, 0.15) is 17.7 Å². The Hall–Kier alpha value is -1.69. The second kappa shape index (κ2) is 4.67. The van der Waals surface area contributed by atoms with Crippen LogP contribution in [0.15, 0.2) is 4.79 Å². The first-order valence-electron chi connectivity index (χ1n) is 5.71. The minimum Gasteiger partial charge on any atom is -0.385 e. The van der Waals surface area contributed by atoms with Gasteiger partial charge in [0.2, 0.25) is 0 Å². The third-order valence-corrected chi connectivity index (χ3v) is 2.96. The molecule has 17 heavy (non-hydrogen) atoms. The van der Waals surface area contributed by atoms with E-state index in [-0.39, 0.29) is 11.4 Å². The van der Waals surface area contributed by atoms with E-state index in [9.17, 15) is 9.90 Å². The van der Waals surface area contributed by atoms with Crippen LogP contribution in [-0.4, -0.2) is 27.3 Å². The largest absolute Gasteiger partial charge is 0.385 e. The van der Waals surface area contributed by atoms with Crippen LogP contribution in [0.4, 0.5) is 5.82 Å². The molecule has 0 unspecified atom stereocenters. The summed E-state index contributed by atoms with van der Waals surface area (Å²) in [5, 5.41) is 19.8. The minimum absolute atomic E-state index is 0.210. The Kier molecular flexibility index (Phi) is 3.23. The number of hydrogen-bond donors (Lipinski definition) is 4. The molecule has 0 aromatic carbocycles. The predicted octanol–water partition coefficient (Wildman–Crippen LogP) is 0.785. The number of rotatable bonds is 4. The first-order chi connectivity index (χ1) is 8.11. The maximum absolute atomic E-state index is 11.7. The molecule has 1 aromatic rings. The molecule has 0 amide bonds. The van der Waals surface area contributed by atoms with Crippen LogP contribution in [-0.2, 0) is 0 Å². The van der Waals surface area contributed by atoms with Crippen LogP contribution in [0.2, 0.25) is 0 Å². The van der Waals surface area contributed by atoms with E-state index < -0.39 is 11.7 Å². The molecule has 6 nitrogen and oxygen atoms in total. The van der Waals surface area contributed by atoms with Crippen LogP contribution in [0.1, 0.15) is 43.7 Å². The van der Waals surface area contributed by atoms with Crippen LogP contribution in [0.3, 0.4) is 0 Å². The molecule has 6 heteroatoms. The first-order valence-corrected chi connectivity index (χ1v) is 5.71. The van der Waals surface area contributed by atoms with Gasteiger partial charge in [-0.3, -0.25) is 4.79 Å². The summed E-state index contributed by atoms with van der Waals surface area (Å²) in [5.74, 6) is 0.617. The number of aliphatic hydroxyl groups excluding tert-OH is 1. The lowest BCUT2D eigenvalue weighted by Gasteiger charge is -2.27. The summed E-state index contributed by atoms with van der Waals surface area (Å²) in [6, 6.07) is 0.324. The molecule has 0 aliphatic heterocycles. The van der Waals surface area contributed by atoms with Crippen molar-refractivity contribution in [2.75, 3.05) is 5.32 Å². The summed E-state index contributed by atoms with van der Waals surface area (Å²) in [6.45, 7) is 1.54. The summed E-state index contributed by atoms with van der Waals surface area (Å²) in [5.41, 5.74) is -0.186. The minimum atomic E-state index is -0.829. The molecule has 1 fully saturated rings. The van der Waals surface area contributed by atoms with Crippen molar-refractivity contribution in [3.05, 3.63) is 21.7 Å². The van der Waals surface area contributed by atoms with E-state index >= 15 is 0 Å². The third-order valence-electron chi connectivity index (χ3n) is 2.96. The van der Waals surface area contributed by atoms with Crippen molar-refractivity contribution < 1.29 is 5.11 Å². The molecule has 0 spiro atoms. The molecule has 1 aromatic heterocycles. The average Bonchev–Trinajstić information content (AvgIpc) is 2.22. The number of H-pyrrole nitrogens is 1. The molecule has 4 N–H and O–H groups in total. The summed E-state index contributed by atoms with van der Waals surface area (Å²) in [6.07, 6.45) is 3.43. The Morgan fingerprint density at radius 2 is 2.35 bits per heavy atom. The normalized spacial score (nSPS) is 17.3. The predicted molar refractivity (Wildman–Crippen MR) is 64.6 cm³/mol. The molecule has 0 radical (unpaired) electrons. The van der Waals surface area contributed by atoms with Crippen LogP contribution in [0, 0.1) is 5.41 Å². The highest BCUT2D eigenvalue weighted by Crippen LogP contribution is 2.23. The van der Waals surface area contributed by atoms with E-state index in [1.165, 1.54) is 13.3 Å². The molecule has 1 aliphatic carbocycles. The lowest BCUT2D eigenvalue weighted by atomic mass is 9.93. The van der Waals surface area contributed by atoms with Crippen molar-refractivity contribution in [3.63, 3.8) is 0 Å². The zero-order valence-corrected chi connectivity index (χ0v) is 9.66. The van der Waals surface area contributed by atoms with Crippen molar-refractivity contribution in [2.24, 2.45) is 0 Å². The van der Waals surface area contributed by atoms with Gasteiger partial charge in [0.05, 0.1) is 5.56 Å². The Morgan fingerprint density at radius 3 is 2.82 bits per heavy atom. The highest BCUT2D eigenvalue weighted by molar-refractivity contribution is 5.83. The molecule has 0 bridgehead atoms. The van der Waals surface area contributed by atoms with E-state index in [1.807, 2.05) is 0 Å². The molecule has 1 saturated carbocycles. The molecule has 0 saturated heterocycles. The highest BCUT2D eigenvalue weighted by Gasteiger charge is 2.20. The fourth-order valence-electron chi connectivity index (χ4n) is 1.69. The summed E-state index contributed by atoms with van der Waals surface area (Å²) < 4.78 is 0. The molecule has 1 atom stereocenters. The fraction of sp³-hybridized carbons (Fsp3) is 0.545. The van der Waals surface area contributed by atoms with E-state index in [1.54, 1.807) is 0 Å². The van der Waals surface area contributed by atoms with Crippen LogP contribution < -0.4 is 10.9 Å². The summed E-state index contributed by atoms with van der Waals surface area (Å²) in [4.78, 5) is 18.3. The second-order valence-electron chi connectivity index (χ2n) is 4.31. The Balaban J connectivity index is 2.37. The van der Waals surface area contributed by atoms with Crippen molar-refractivity contribution in [1.82, 2.24) is 9.97 Å². The molecular weight excluding hydrogens is 220 g/mol.